The third-order valence-corrected chi connectivity index (χ3v) is 55.6. The van der Waals surface area contributed by atoms with Crippen LogP contribution in [0.4, 0.5) is 0 Å². The molecule has 2 N–H and O–H groups in total. The average Bonchev–Trinajstić information content (AvgIpc) is 1.61. The van der Waals surface area contributed by atoms with Crippen LogP contribution in [0.2, 0.25) is 72.5 Å². The Morgan fingerprint density at radius 2 is 0.628 bits per heavy atom. The van der Waals surface area contributed by atoms with Crippen LogP contribution in [0.5, 0.6) is 0 Å². The van der Waals surface area contributed by atoms with Gasteiger partial charge in [-0.15, -0.1) is 0 Å². The van der Waals surface area contributed by atoms with Crippen LogP contribution in [0.3, 0.4) is 0 Å². The van der Waals surface area contributed by atoms with Gasteiger partial charge in [-0.05, 0) is 368 Å². The van der Waals surface area contributed by atoms with Gasteiger partial charge in [0.25, 0.3) is 0 Å². The van der Waals surface area contributed by atoms with Gasteiger partial charge >= 0.3 is 17.9 Å². The predicted octanol–water partition coefficient (Wildman–Crippen LogP) is 33.0. The largest absolute Gasteiger partial charge is 0.465 e. The normalized spacial score (nSPS) is 28.3. The number of aldehydes is 1. The molecule has 145 heavy (non-hydrogen) atoms. The molecule has 0 aromatic carbocycles. The van der Waals surface area contributed by atoms with Gasteiger partial charge in [0.2, 0.25) is 0 Å². The molecule has 20 heteroatoms. The van der Waals surface area contributed by atoms with Crippen molar-refractivity contribution in [2.75, 3.05) is 19.8 Å². The van der Waals surface area contributed by atoms with E-state index in [2.05, 4.69) is 260 Å². The fourth-order valence-corrected chi connectivity index (χ4v) is 28.1. The van der Waals surface area contributed by atoms with E-state index in [9.17, 15) is 43.8 Å². The average molecular weight is 2090 g/mol. The van der Waals surface area contributed by atoms with E-state index >= 15 is 0 Å². The van der Waals surface area contributed by atoms with Crippen LogP contribution in [0.1, 0.15) is 401 Å². The summed E-state index contributed by atoms with van der Waals surface area (Å²) < 4.78 is 44.1. The smallest absolute Gasteiger partial charge is 0.319 e. The summed E-state index contributed by atoms with van der Waals surface area (Å²) >= 11 is 0. The molecule has 0 aromatic heterocycles. The number of esters is 3. The molecule has 16 nitrogen and oxygen atoms in total. The molecule has 9 aliphatic carbocycles. The summed E-state index contributed by atoms with van der Waals surface area (Å²) in [5, 5.41) is 20.9. The van der Waals surface area contributed by atoms with Gasteiger partial charge in [0.15, 0.2) is 44.8 Å². The lowest BCUT2D eigenvalue weighted by Crippen LogP contribution is -2.49. The fourth-order valence-electron chi connectivity index (χ4n) is 22.9. The van der Waals surface area contributed by atoms with Gasteiger partial charge in [-0.3, -0.25) is 28.8 Å². The molecule has 0 amide bonds. The zero-order chi connectivity index (χ0) is 108. The second-order valence-electron chi connectivity index (χ2n) is 53.6. The van der Waals surface area contributed by atoms with Crippen LogP contribution < -0.4 is 0 Å². The molecular formula is C125H216O16Si4. The zero-order valence-corrected chi connectivity index (χ0v) is 102. The van der Waals surface area contributed by atoms with Crippen LogP contribution in [-0.2, 0) is 65.5 Å². The Morgan fingerprint density at radius 1 is 0.379 bits per heavy atom. The van der Waals surface area contributed by atoms with Gasteiger partial charge in [0, 0.05) is 5.92 Å². The second kappa shape index (κ2) is 54.6. The summed E-state index contributed by atoms with van der Waals surface area (Å²) in [6, 6.07) is 0. The summed E-state index contributed by atoms with van der Waals surface area (Å²) in [7, 11) is -7.99. The number of allylic oxidation sites excluding steroid dienone is 13. The first-order chi connectivity index (χ1) is 65.8. The van der Waals surface area contributed by atoms with E-state index in [4.69, 9.17) is 31.9 Å². The Labute approximate surface area is 891 Å². The van der Waals surface area contributed by atoms with Crippen LogP contribution in [-0.4, -0.2) is 141 Å². The molecule has 9 aliphatic rings. The molecule has 0 spiro atoms. The molecule has 9 fully saturated rings. The van der Waals surface area contributed by atoms with Crippen LogP contribution in [0, 0.1) is 85.8 Å². The Bertz CT molecular complexity index is 4480. The number of aliphatic hydroxyl groups excluding tert-OH is 2. The molecule has 18 atom stereocenters. The number of fused-ring (bicyclic) bond motifs is 3. The minimum Gasteiger partial charge on any atom is -0.465 e. The quantitative estimate of drug-likeness (QED) is 0.00862. The molecule has 9 rings (SSSR count). The van der Waals surface area contributed by atoms with Crippen LogP contribution >= 0.6 is 0 Å². The second-order valence-corrected chi connectivity index (χ2v) is 72.6. The number of Topliss-reactive ketones (excluding diaryl/α,β-unsaturated/α-hetero) is 1. The van der Waals surface area contributed by atoms with E-state index in [0.717, 1.165) is 139 Å². The van der Waals surface area contributed by atoms with Crippen molar-refractivity contribution in [3.05, 3.63) is 131 Å². The van der Waals surface area contributed by atoms with Gasteiger partial charge in [-0.2, -0.15) is 0 Å². The summed E-state index contributed by atoms with van der Waals surface area (Å²) in [4.78, 5) is 85.8. The standard InChI is InChI=1S/C45H78O5Si2.C34H60O3Si2.C33H50O5.C11H20O3.2CH4/c1-17-18-19-29-48-41(47)44(10,11)40(46)27-22-32(2)36-25-26-37-35(21-20-28-45(36,37)12)24-23-34-30-38(49-51(13,14)42(4,5)6)33(3)39(31-34)50-52(15,16)43(7,8)9;1-24(23-35)28-18-19-29-27(15-14-20-34(28,29)9)17-16-26-21-30(36-38(10,11)32(3,4)5)25(2)31(22-26)37-39(12,13)33(6,7)8;1-7-8-9-19-38-31(37)32(4,5)30(36)17-12-22(2)26-15-16-27-25(11-10-18-33(26,27)6)14-13-24-20-28(34)23(3)29(35)21-24;1-5-6-7-8-14-10(13)11(3,4)9(2)12;;/h22-24,27,32,36-39H,3,17-21,25-26,28-31H2,1-2,4-16H3;16-17,23-24,28-31H,2,14-15,18-22H2,1,3-13H3;12-14,17,22,26-29,34-35H,3,7-11,15-16,18-21H2,1-2,4-6H3;5-8H2,1-4H3;2*1H4/b27-22+,35-24+;27-17+;17-12+,25-14+;;;/t32-,36-,37+,38-,39-,45-;24-,28-,29+,30-,31-,34-;22-,26-,27+,28-,29-,33-;;;/m111.../s1. The zero-order valence-electron chi connectivity index (χ0n) is 97.6. The van der Waals surface area contributed by atoms with E-state index in [0.29, 0.717) is 73.7 Å². The first-order valence-corrected chi connectivity index (χ1v) is 67.7. The van der Waals surface area contributed by atoms with Crippen molar-refractivity contribution in [1.82, 2.24) is 0 Å². The van der Waals surface area contributed by atoms with Crippen molar-refractivity contribution in [3.8, 4) is 0 Å². The Balaban J connectivity index is 0.000000426. The summed E-state index contributed by atoms with van der Waals surface area (Å²) in [5.41, 5.74) is 8.63. The van der Waals surface area contributed by atoms with E-state index in [1.54, 1.807) is 64.8 Å². The molecule has 0 saturated heterocycles. The number of hydrogen-bond acceptors (Lipinski definition) is 16. The highest BCUT2D eigenvalue weighted by molar-refractivity contribution is 6.75. The Hall–Kier alpha value is -5.14. The van der Waals surface area contributed by atoms with Crippen molar-refractivity contribution < 1.29 is 75.7 Å². The molecule has 0 aliphatic heterocycles. The van der Waals surface area contributed by atoms with Gasteiger partial charge < -0.3 is 46.9 Å². The number of ether oxygens (including phenoxy) is 3. The molecule has 0 radical (unpaired) electrons. The monoisotopic (exact) mass is 2090 g/mol. The maximum absolute atomic E-state index is 13.3. The van der Waals surface area contributed by atoms with Crippen molar-refractivity contribution >= 4 is 74.8 Å². The van der Waals surface area contributed by atoms with Crippen LogP contribution in [0.15, 0.2) is 131 Å². The van der Waals surface area contributed by atoms with Gasteiger partial charge in [-0.1, -0.05) is 301 Å². The molecule has 828 valence electrons. The maximum atomic E-state index is 13.3. The first kappa shape index (κ1) is 132. The first-order valence-electron chi connectivity index (χ1n) is 56.1. The number of ketones is 3. The molecule has 0 bridgehead atoms. The lowest BCUT2D eigenvalue weighted by molar-refractivity contribution is -0.159. The molecule has 0 heterocycles. The van der Waals surface area contributed by atoms with Gasteiger partial charge in [0.1, 0.15) is 28.3 Å². The maximum Gasteiger partial charge on any atom is 0.319 e. The third-order valence-electron chi connectivity index (χ3n) is 37.7. The lowest BCUT2D eigenvalue weighted by atomic mass is 9.61. The van der Waals surface area contributed by atoms with Gasteiger partial charge in [-0.25, -0.2) is 0 Å². The molecule has 9 saturated carbocycles. The van der Waals surface area contributed by atoms with Crippen molar-refractivity contribution in [2.45, 2.75) is 510 Å². The van der Waals surface area contributed by atoms with Gasteiger partial charge in [0.05, 0.1) is 56.4 Å². The number of hydrogen-bond donors (Lipinski definition) is 2. The van der Waals surface area contributed by atoms with E-state index < -0.39 is 79.6 Å². The number of rotatable bonds is 37. The summed E-state index contributed by atoms with van der Waals surface area (Å²) in [5.74, 6) is 1.97. The highest BCUT2D eigenvalue weighted by atomic mass is 28.4. The number of carbonyl (C=O) groups excluding carboxylic acids is 7. The summed E-state index contributed by atoms with van der Waals surface area (Å²) in [6.07, 6.45) is 52.5. The molecule has 0 aromatic rings. The Kier molecular flexibility index (Phi) is 49.8. The highest BCUT2D eigenvalue weighted by Crippen LogP contribution is 2.63. The van der Waals surface area contributed by atoms with E-state index in [-0.39, 0.29) is 111 Å². The topological polar surface area (TPSA) is 225 Å². The number of carbonyl (C=O) groups is 7. The SMILES string of the molecule is C.C.C=C1[C@H](O)CC(=C/C=C2\CCC[C@]3(C)[C@@H]([C@H](C)/C=C/C(=O)C(C)(C)C(=O)OCCCCC)CC[C@@H]23)C[C@H]1O.C=C1[C@H](O[Si](C)(C)C(C)(C)C)CC(=C/C=C2\CCC[C@]3(C)[C@@H]([C@H](C)/C=C/C(=O)C(C)(C)C(=O)OCCCCC)CC[C@@H]23)C[C@H]1O[Si](C)(C)C(C)(C)C.C=C1[C@H](O[Si](C)(C)C(C)(C)C)CC(=C/C=C2\CCC[C@]3(C)[C@@H]([C@H](C)C=O)CC[C@@H]23)C[C@H]1O[Si](C)(C)C(C)(C)C.CCCCCOC(=O)C(C)(C)C(C)=O. The van der Waals surface area contributed by atoms with Crippen molar-refractivity contribution in [2.24, 2.45) is 85.8 Å². The lowest BCUT2D eigenvalue weighted by Gasteiger charge is -2.46. The minimum absolute atomic E-state index is 0. The van der Waals surface area contributed by atoms with E-state index in [1.165, 1.54) is 87.7 Å². The summed E-state index contributed by atoms with van der Waals surface area (Å²) in [6.45, 7) is 92.4. The Morgan fingerprint density at radius 3 is 0.869 bits per heavy atom. The highest BCUT2D eigenvalue weighted by Gasteiger charge is 2.56. The van der Waals surface area contributed by atoms with Crippen LogP contribution in [0.25, 0.3) is 0 Å². The molecular weight excluding hydrogens is 1870 g/mol. The number of unbranched alkanes of at least 4 members (excludes halogenated alkanes) is 6. The van der Waals surface area contributed by atoms with Crippen molar-refractivity contribution in [1.29, 1.82) is 0 Å². The van der Waals surface area contributed by atoms with Crippen molar-refractivity contribution in [3.63, 3.8) is 0 Å². The third kappa shape index (κ3) is 34.2. The van der Waals surface area contributed by atoms with E-state index in [1.807, 2.05) is 6.08 Å². The fraction of sp³-hybridized carbons (Fsp3) is 0.768. The minimum atomic E-state index is -2.03. The molecule has 0 unspecified atom stereocenters. The number of aliphatic hydroxyl groups is 2. The predicted molar refractivity (Wildman–Crippen MR) is 617 cm³/mol.